The zero-order valence-electron chi connectivity index (χ0n) is 18.9. The minimum absolute atomic E-state index is 0.180. The van der Waals surface area contributed by atoms with Gasteiger partial charge < -0.3 is 9.64 Å². The molecule has 1 aromatic carbocycles. The number of hydrogen-bond acceptors (Lipinski definition) is 8. The van der Waals surface area contributed by atoms with Crippen molar-refractivity contribution in [3.05, 3.63) is 35.2 Å². The number of azo groups is 1. The molecular formula is C20H20F6N6O3S. The zero-order chi connectivity index (χ0) is 26.7. The summed E-state index contributed by atoms with van der Waals surface area (Å²) in [6.45, 7) is 4.31. The van der Waals surface area contributed by atoms with Crippen LogP contribution in [0.15, 0.2) is 28.6 Å². The van der Waals surface area contributed by atoms with Gasteiger partial charge in [-0.3, -0.25) is 4.72 Å². The third kappa shape index (κ3) is 6.27. The second kappa shape index (κ2) is 10.8. The maximum absolute atomic E-state index is 13.4. The Bertz CT molecular complexity index is 1190. The molecule has 0 saturated carbocycles. The van der Waals surface area contributed by atoms with Crippen molar-refractivity contribution < 1.29 is 40.1 Å². The average molecular weight is 538 g/mol. The topological polar surface area (TPSA) is 109 Å². The summed E-state index contributed by atoms with van der Waals surface area (Å²) in [5.41, 5.74) is -6.80. The standard InChI is InChI=1S/C20H20F6N6O3S/c1-3-32-7-5-6-11-8-13(14(9-15(11)32)31-36(34)20(24,25)26)29-30-18-27-10-12(17(33)35-4-2)16(28-18)19(21,22)23/h8-10,31H,3-7H2,1-2H3. The van der Waals surface area contributed by atoms with Crippen LogP contribution in [-0.4, -0.2) is 45.4 Å². The molecule has 36 heavy (non-hydrogen) atoms. The molecule has 16 heteroatoms. The number of alkyl halides is 6. The fourth-order valence-corrected chi connectivity index (χ4v) is 3.92. The van der Waals surface area contributed by atoms with Crippen molar-refractivity contribution in [3.8, 4) is 0 Å². The second-order valence-electron chi connectivity index (χ2n) is 7.35. The lowest BCUT2D eigenvalue weighted by Gasteiger charge is -2.31. The van der Waals surface area contributed by atoms with Crippen LogP contribution in [0, 0.1) is 0 Å². The van der Waals surface area contributed by atoms with Gasteiger partial charge in [0.05, 0.1) is 12.3 Å². The molecule has 0 aliphatic carbocycles. The number of carbonyl (C=O) groups is 1. The van der Waals surface area contributed by atoms with Crippen molar-refractivity contribution >= 4 is 40.0 Å². The van der Waals surface area contributed by atoms with Crippen LogP contribution in [0.5, 0.6) is 0 Å². The van der Waals surface area contributed by atoms with E-state index < -0.39 is 45.8 Å². The van der Waals surface area contributed by atoms with Crippen LogP contribution in [0.1, 0.15) is 41.9 Å². The lowest BCUT2D eigenvalue weighted by molar-refractivity contribution is -0.141. The van der Waals surface area contributed by atoms with Gasteiger partial charge in [-0.1, -0.05) is 0 Å². The van der Waals surface area contributed by atoms with Gasteiger partial charge in [0.1, 0.15) is 11.3 Å². The molecule has 0 radical (unpaired) electrons. The molecule has 1 aliphatic heterocycles. The molecular weight excluding hydrogens is 518 g/mol. The van der Waals surface area contributed by atoms with Gasteiger partial charge in [-0.05, 0) is 44.4 Å². The fourth-order valence-electron chi connectivity index (χ4n) is 3.44. The van der Waals surface area contributed by atoms with Crippen LogP contribution < -0.4 is 9.62 Å². The van der Waals surface area contributed by atoms with Gasteiger partial charge >= 0.3 is 17.7 Å². The minimum atomic E-state index is -5.08. The van der Waals surface area contributed by atoms with Crippen LogP contribution in [0.3, 0.4) is 0 Å². The number of aryl methyl sites for hydroxylation is 1. The lowest BCUT2D eigenvalue weighted by Crippen LogP contribution is -2.29. The first kappa shape index (κ1) is 27.3. The molecule has 1 atom stereocenters. The highest BCUT2D eigenvalue weighted by molar-refractivity contribution is 7.87. The SMILES string of the molecule is CCOC(=O)c1cnc(N=Nc2cc3c(cc2NS(=O)C(F)(F)F)N(CC)CCC3)nc1C(F)(F)F. The van der Waals surface area contributed by atoms with E-state index in [1.54, 1.807) is 0 Å². The van der Waals surface area contributed by atoms with Crippen LogP contribution >= 0.6 is 0 Å². The number of anilines is 2. The second-order valence-corrected chi connectivity index (χ2v) is 8.55. The van der Waals surface area contributed by atoms with Crippen molar-refractivity contribution in [3.63, 3.8) is 0 Å². The largest absolute Gasteiger partial charge is 0.490 e. The molecule has 0 amide bonds. The predicted octanol–water partition coefficient (Wildman–Crippen LogP) is 5.46. The molecule has 0 spiro atoms. The molecule has 3 rings (SSSR count). The molecule has 2 aromatic rings. The number of aromatic nitrogens is 2. The Hall–Kier alpha value is -3.30. The number of fused-ring (bicyclic) bond motifs is 1. The number of benzene rings is 1. The maximum Gasteiger partial charge on any atom is 0.490 e. The summed E-state index contributed by atoms with van der Waals surface area (Å²) in [6, 6.07) is 2.75. The molecule has 0 saturated heterocycles. The van der Waals surface area contributed by atoms with Crippen LogP contribution in [0.4, 0.5) is 49.4 Å². The van der Waals surface area contributed by atoms with E-state index in [9.17, 15) is 35.3 Å². The van der Waals surface area contributed by atoms with Crippen molar-refractivity contribution in [2.45, 2.75) is 38.4 Å². The third-order valence-corrected chi connectivity index (χ3v) is 5.82. The van der Waals surface area contributed by atoms with Gasteiger partial charge in [0, 0.05) is 25.0 Å². The monoisotopic (exact) mass is 538 g/mol. The fraction of sp³-hybridized carbons (Fsp3) is 0.450. The van der Waals surface area contributed by atoms with Crippen molar-refractivity contribution in [2.24, 2.45) is 10.2 Å². The number of nitrogens with one attached hydrogen (secondary N) is 1. The molecule has 1 aliphatic rings. The summed E-state index contributed by atoms with van der Waals surface area (Å²) in [5, 5.41) is 7.27. The van der Waals surface area contributed by atoms with E-state index in [4.69, 9.17) is 0 Å². The average Bonchev–Trinajstić information content (AvgIpc) is 2.81. The smallest absolute Gasteiger partial charge is 0.462 e. The van der Waals surface area contributed by atoms with Gasteiger partial charge in [0.15, 0.2) is 5.69 Å². The van der Waals surface area contributed by atoms with Gasteiger partial charge in [0.2, 0.25) is 11.0 Å². The van der Waals surface area contributed by atoms with E-state index in [1.165, 1.54) is 19.1 Å². The van der Waals surface area contributed by atoms with E-state index in [2.05, 4.69) is 24.9 Å². The molecule has 0 bridgehead atoms. The zero-order valence-corrected chi connectivity index (χ0v) is 19.7. The number of nitrogens with zero attached hydrogens (tertiary/aromatic N) is 5. The van der Waals surface area contributed by atoms with Crippen molar-refractivity contribution in [2.75, 3.05) is 29.3 Å². The number of rotatable bonds is 7. The Morgan fingerprint density at radius 1 is 1.19 bits per heavy atom. The molecule has 1 unspecified atom stereocenters. The van der Waals surface area contributed by atoms with Crippen LogP contribution in [0.2, 0.25) is 0 Å². The highest BCUT2D eigenvalue weighted by Gasteiger charge is 2.39. The highest BCUT2D eigenvalue weighted by Crippen LogP contribution is 2.39. The number of esters is 1. The number of carbonyl (C=O) groups excluding carboxylic acids is 1. The van der Waals surface area contributed by atoms with Gasteiger partial charge in [-0.15, -0.1) is 10.2 Å². The van der Waals surface area contributed by atoms with Crippen molar-refractivity contribution in [1.29, 1.82) is 0 Å². The third-order valence-electron chi connectivity index (χ3n) is 4.99. The van der Waals surface area contributed by atoms with Gasteiger partial charge in [-0.25, -0.2) is 19.0 Å². The molecule has 1 N–H and O–H groups in total. The van der Waals surface area contributed by atoms with E-state index in [0.29, 0.717) is 31.4 Å². The molecule has 9 nitrogen and oxygen atoms in total. The lowest BCUT2D eigenvalue weighted by atomic mass is 10.0. The Morgan fingerprint density at radius 2 is 1.92 bits per heavy atom. The first-order valence-electron chi connectivity index (χ1n) is 10.5. The molecule has 0 fully saturated rings. The quantitative estimate of drug-likeness (QED) is 0.285. The Labute approximate surface area is 203 Å². The summed E-state index contributed by atoms with van der Waals surface area (Å²) in [6.07, 6.45) is -3.15. The van der Waals surface area contributed by atoms with Crippen LogP contribution in [0.25, 0.3) is 0 Å². The minimum Gasteiger partial charge on any atom is -0.462 e. The summed E-state index contributed by atoms with van der Waals surface area (Å²) < 4.78 is 97.2. The van der Waals surface area contributed by atoms with Gasteiger partial charge in [0.25, 0.3) is 5.95 Å². The summed E-state index contributed by atoms with van der Waals surface area (Å²) in [5.74, 6) is -2.09. The van der Waals surface area contributed by atoms with E-state index in [-0.39, 0.29) is 18.0 Å². The first-order chi connectivity index (χ1) is 16.8. The van der Waals surface area contributed by atoms with E-state index in [1.807, 2.05) is 16.5 Å². The summed E-state index contributed by atoms with van der Waals surface area (Å²) in [4.78, 5) is 20.6. The maximum atomic E-state index is 13.4. The van der Waals surface area contributed by atoms with Crippen LogP contribution in [-0.2, 0) is 28.3 Å². The first-order valence-corrected chi connectivity index (χ1v) is 11.7. The Balaban J connectivity index is 2.05. The number of halogens is 6. The highest BCUT2D eigenvalue weighted by atomic mass is 32.2. The normalized spacial score (nSPS) is 15.1. The molecule has 2 heterocycles. The number of hydrogen-bond donors (Lipinski definition) is 1. The number of ether oxygens (including phenoxy) is 1. The van der Waals surface area contributed by atoms with Crippen molar-refractivity contribution in [1.82, 2.24) is 9.97 Å². The van der Waals surface area contributed by atoms with E-state index in [0.717, 1.165) is 12.0 Å². The predicted molar refractivity (Wildman–Crippen MR) is 118 cm³/mol. The molecule has 1 aromatic heterocycles. The Morgan fingerprint density at radius 3 is 2.53 bits per heavy atom. The van der Waals surface area contributed by atoms with E-state index >= 15 is 0 Å². The summed E-state index contributed by atoms with van der Waals surface area (Å²) >= 11 is 0. The van der Waals surface area contributed by atoms with Gasteiger partial charge in [-0.2, -0.15) is 26.3 Å². The molecule has 196 valence electrons. The Kier molecular flexibility index (Phi) is 8.15. The summed E-state index contributed by atoms with van der Waals surface area (Å²) in [7, 11) is -3.49.